The Morgan fingerprint density at radius 2 is 1.75 bits per heavy atom. The second-order valence-corrected chi connectivity index (χ2v) is 8.68. The predicted octanol–water partition coefficient (Wildman–Crippen LogP) is 6.49. The molecule has 28 heavy (non-hydrogen) atoms. The van der Waals surface area contributed by atoms with Gasteiger partial charge in [0, 0.05) is 22.0 Å². The fourth-order valence-corrected chi connectivity index (χ4v) is 4.62. The summed E-state index contributed by atoms with van der Waals surface area (Å²) in [6.45, 7) is 0. The van der Waals surface area contributed by atoms with Crippen LogP contribution in [0.2, 0.25) is 5.02 Å². The summed E-state index contributed by atoms with van der Waals surface area (Å²) in [6, 6.07) is 23.6. The van der Waals surface area contributed by atoms with Crippen LogP contribution >= 0.6 is 34.7 Å². The second-order valence-electron chi connectivity index (χ2n) is 6.23. The normalized spacial score (nSPS) is 10.9. The van der Waals surface area contributed by atoms with Crippen LogP contribution in [0.3, 0.4) is 0 Å². The molecule has 0 saturated carbocycles. The van der Waals surface area contributed by atoms with Crippen LogP contribution in [-0.4, -0.2) is 16.6 Å². The first-order valence-corrected chi connectivity index (χ1v) is 11.1. The number of nitrogens with zero attached hydrogens (tertiary/aromatic N) is 1. The number of fused-ring (bicyclic) bond motifs is 1. The Kier molecular flexibility index (Phi) is 5.95. The number of hydrogen-bond acceptors (Lipinski definition) is 4. The minimum Gasteiger partial charge on any atom is -0.325 e. The van der Waals surface area contributed by atoms with Crippen molar-refractivity contribution in [2.75, 3.05) is 11.1 Å². The van der Waals surface area contributed by atoms with Crippen LogP contribution in [0.1, 0.15) is 5.56 Å². The molecule has 0 aliphatic rings. The molecule has 1 heterocycles. The van der Waals surface area contributed by atoms with Gasteiger partial charge in [0.15, 0.2) is 0 Å². The van der Waals surface area contributed by atoms with Crippen LogP contribution in [0.15, 0.2) is 72.8 Å². The molecule has 0 bridgehead atoms. The third-order valence-electron chi connectivity index (χ3n) is 4.12. The molecule has 0 saturated heterocycles. The van der Waals surface area contributed by atoms with Gasteiger partial charge in [-0.15, -0.1) is 23.1 Å². The number of aromatic nitrogens is 1. The molecule has 4 aromatic rings. The van der Waals surface area contributed by atoms with Gasteiger partial charge in [-0.05, 0) is 54.1 Å². The van der Waals surface area contributed by atoms with Crippen molar-refractivity contribution in [2.24, 2.45) is 0 Å². The van der Waals surface area contributed by atoms with E-state index in [1.807, 2.05) is 66.7 Å². The van der Waals surface area contributed by atoms with Crippen molar-refractivity contribution in [3.8, 4) is 10.6 Å². The smallest absolute Gasteiger partial charge is 0.234 e. The van der Waals surface area contributed by atoms with Crippen molar-refractivity contribution < 1.29 is 4.79 Å². The maximum Gasteiger partial charge on any atom is 0.234 e. The van der Waals surface area contributed by atoms with Crippen LogP contribution < -0.4 is 5.32 Å². The van der Waals surface area contributed by atoms with Crippen molar-refractivity contribution in [1.29, 1.82) is 0 Å². The lowest BCUT2D eigenvalue weighted by molar-refractivity contribution is -0.113. The Balaban J connectivity index is 1.32. The van der Waals surface area contributed by atoms with E-state index in [2.05, 4.69) is 16.4 Å². The SMILES string of the molecule is O=C(CSCc1ccc(Cl)cc1)Nc1ccc(-c2nc3ccccc3s2)cc1. The lowest BCUT2D eigenvalue weighted by Gasteiger charge is -2.06. The Morgan fingerprint density at radius 1 is 1.00 bits per heavy atom. The highest BCUT2D eigenvalue weighted by atomic mass is 35.5. The van der Waals surface area contributed by atoms with Gasteiger partial charge in [-0.1, -0.05) is 35.9 Å². The van der Waals surface area contributed by atoms with E-state index in [4.69, 9.17) is 11.6 Å². The van der Waals surface area contributed by atoms with Gasteiger partial charge in [0.05, 0.1) is 16.0 Å². The number of rotatable bonds is 6. The van der Waals surface area contributed by atoms with Crippen LogP contribution in [0.4, 0.5) is 5.69 Å². The van der Waals surface area contributed by atoms with E-state index in [0.29, 0.717) is 5.75 Å². The Morgan fingerprint density at radius 3 is 2.50 bits per heavy atom. The Labute approximate surface area is 176 Å². The third-order valence-corrected chi connectivity index (χ3v) is 6.47. The largest absolute Gasteiger partial charge is 0.325 e. The van der Waals surface area contributed by atoms with Crippen LogP contribution in [0.25, 0.3) is 20.8 Å². The second kappa shape index (κ2) is 8.78. The molecule has 1 amide bonds. The highest BCUT2D eigenvalue weighted by molar-refractivity contribution is 7.99. The van der Waals surface area contributed by atoms with Gasteiger partial charge in [0.1, 0.15) is 5.01 Å². The summed E-state index contributed by atoms with van der Waals surface area (Å²) in [5.74, 6) is 1.18. The molecule has 0 fully saturated rings. The first-order valence-electron chi connectivity index (χ1n) is 8.75. The van der Waals surface area contributed by atoms with E-state index < -0.39 is 0 Å². The minimum absolute atomic E-state index is 0.00768. The van der Waals surface area contributed by atoms with Crippen molar-refractivity contribution >= 4 is 56.5 Å². The van der Waals surface area contributed by atoms with Gasteiger partial charge in [-0.3, -0.25) is 4.79 Å². The Hall–Kier alpha value is -2.34. The molecule has 6 heteroatoms. The molecule has 0 aliphatic heterocycles. The van der Waals surface area contributed by atoms with Gasteiger partial charge in [0.25, 0.3) is 0 Å². The first-order chi connectivity index (χ1) is 13.7. The number of amides is 1. The summed E-state index contributed by atoms with van der Waals surface area (Å²) >= 11 is 9.13. The zero-order valence-corrected chi connectivity index (χ0v) is 17.3. The summed E-state index contributed by atoms with van der Waals surface area (Å²) in [7, 11) is 0. The summed E-state index contributed by atoms with van der Waals surface area (Å²) in [6.07, 6.45) is 0. The lowest BCUT2D eigenvalue weighted by Crippen LogP contribution is -2.14. The molecule has 3 aromatic carbocycles. The highest BCUT2D eigenvalue weighted by Crippen LogP contribution is 2.30. The van der Waals surface area contributed by atoms with Crippen molar-refractivity contribution in [2.45, 2.75) is 5.75 Å². The molecule has 4 rings (SSSR count). The zero-order chi connectivity index (χ0) is 19.3. The van der Waals surface area contributed by atoms with Crippen molar-refractivity contribution in [1.82, 2.24) is 4.98 Å². The summed E-state index contributed by atoms with van der Waals surface area (Å²) in [5, 5.41) is 4.65. The predicted molar refractivity (Wildman–Crippen MR) is 121 cm³/mol. The fraction of sp³-hybridized carbons (Fsp3) is 0.0909. The van der Waals surface area contributed by atoms with Crippen LogP contribution in [0.5, 0.6) is 0 Å². The van der Waals surface area contributed by atoms with Gasteiger partial charge in [0.2, 0.25) is 5.91 Å². The molecule has 1 aromatic heterocycles. The van der Waals surface area contributed by atoms with E-state index in [1.165, 1.54) is 4.70 Å². The molecular formula is C22H17ClN2OS2. The molecule has 3 nitrogen and oxygen atoms in total. The summed E-state index contributed by atoms with van der Waals surface area (Å²) < 4.78 is 1.17. The summed E-state index contributed by atoms with van der Waals surface area (Å²) in [4.78, 5) is 16.8. The third kappa shape index (κ3) is 4.73. The monoisotopic (exact) mass is 424 g/mol. The van der Waals surface area contributed by atoms with Crippen molar-refractivity contribution in [3.63, 3.8) is 0 Å². The van der Waals surface area contributed by atoms with Gasteiger partial charge >= 0.3 is 0 Å². The van der Waals surface area contributed by atoms with Crippen LogP contribution in [0, 0.1) is 0 Å². The van der Waals surface area contributed by atoms with E-state index >= 15 is 0 Å². The number of halogens is 1. The molecule has 0 radical (unpaired) electrons. The number of carbonyl (C=O) groups is 1. The molecule has 0 unspecified atom stereocenters. The van der Waals surface area contributed by atoms with E-state index in [-0.39, 0.29) is 5.91 Å². The standard InChI is InChI=1S/C22H17ClN2OS2/c23-17-9-5-15(6-10-17)13-27-14-21(26)24-18-11-7-16(8-12-18)22-25-19-3-1-2-4-20(19)28-22/h1-12H,13-14H2,(H,24,26). The first kappa shape index (κ1) is 19.0. The number of thioether (sulfide) groups is 1. The van der Waals surface area contributed by atoms with Crippen LogP contribution in [-0.2, 0) is 10.5 Å². The molecule has 0 spiro atoms. The lowest BCUT2D eigenvalue weighted by atomic mass is 10.2. The maximum atomic E-state index is 12.2. The highest BCUT2D eigenvalue weighted by Gasteiger charge is 2.07. The van der Waals surface area contributed by atoms with Gasteiger partial charge in [-0.2, -0.15) is 0 Å². The molecule has 0 atom stereocenters. The number of nitrogens with one attached hydrogen (secondary N) is 1. The number of anilines is 1. The number of para-hydroxylation sites is 1. The molecular weight excluding hydrogens is 408 g/mol. The van der Waals surface area contributed by atoms with Gasteiger partial charge < -0.3 is 5.32 Å². The number of thiazole rings is 1. The van der Waals surface area contributed by atoms with Gasteiger partial charge in [-0.25, -0.2) is 4.98 Å². The Bertz CT molecular complexity index is 1060. The fourth-order valence-electron chi connectivity index (χ4n) is 2.73. The zero-order valence-electron chi connectivity index (χ0n) is 14.9. The average molecular weight is 425 g/mol. The maximum absolute atomic E-state index is 12.2. The molecule has 0 aliphatic carbocycles. The molecule has 140 valence electrons. The number of benzene rings is 3. The molecule has 1 N–H and O–H groups in total. The van der Waals surface area contributed by atoms with E-state index in [1.54, 1.807) is 23.1 Å². The van der Waals surface area contributed by atoms with E-state index in [0.717, 1.165) is 38.1 Å². The average Bonchev–Trinajstić information content (AvgIpc) is 3.14. The van der Waals surface area contributed by atoms with Crippen molar-refractivity contribution in [3.05, 3.63) is 83.4 Å². The quantitative estimate of drug-likeness (QED) is 0.384. The number of hydrogen-bond donors (Lipinski definition) is 1. The van der Waals surface area contributed by atoms with E-state index in [9.17, 15) is 4.79 Å². The topological polar surface area (TPSA) is 42.0 Å². The number of carbonyl (C=O) groups excluding carboxylic acids is 1. The minimum atomic E-state index is -0.00768. The summed E-state index contributed by atoms with van der Waals surface area (Å²) in [5.41, 5.74) is 4.01.